The van der Waals surface area contributed by atoms with Gasteiger partial charge in [-0.3, -0.25) is 0 Å². The number of rotatable bonds is 5. The van der Waals surface area contributed by atoms with Crippen molar-refractivity contribution in [3.63, 3.8) is 0 Å². The summed E-state index contributed by atoms with van der Waals surface area (Å²) in [5, 5.41) is 2.70. The molecular weight excluding hydrogens is 304 g/mol. The van der Waals surface area contributed by atoms with Crippen LogP contribution in [0.25, 0.3) is 0 Å². The molecule has 1 fully saturated rings. The number of benzene rings is 2. The van der Waals surface area contributed by atoms with Crippen molar-refractivity contribution >= 4 is 28.5 Å². The van der Waals surface area contributed by atoms with Gasteiger partial charge in [0.15, 0.2) is 0 Å². The smallest absolute Gasteiger partial charge is 0.274 e. The summed E-state index contributed by atoms with van der Waals surface area (Å²) in [7, 11) is -2.85. The molecule has 4 heteroatoms. The third-order valence-electron chi connectivity index (χ3n) is 4.41. The van der Waals surface area contributed by atoms with Crippen molar-refractivity contribution in [1.29, 1.82) is 0 Å². The van der Waals surface area contributed by atoms with E-state index in [0.29, 0.717) is 0 Å². The van der Waals surface area contributed by atoms with Crippen molar-refractivity contribution in [2.75, 3.05) is 6.61 Å². The lowest BCUT2D eigenvalue weighted by molar-refractivity contribution is 0.0549. The second kappa shape index (κ2) is 7.37. The maximum Gasteiger partial charge on any atom is 0.274 e. The van der Waals surface area contributed by atoms with Gasteiger partial charge < -0.3 is 8.85 Å². The van der Waals surface area contributed by atoms with Gasteiger partial charge in [0, 0.05) is 6.61 Å². The lowest BCUT2D eigenvalue weighted by atomic mass is 10.2. The highest BCUT2D eigenvalue weighted by Gasteiger charge is 2.47. The van der Waals surface area contributed by atoms with Crippen LogP contribution in [0.5, 0.6) is 0 Å². The first-order valence-electron chi connectivity index (χ1n) is 8.24. The predicted octanol–water partition coefficient (Wildman–Crippen LogP) is 2.00. The SMILES string of the molecule is C[SiH2]O[Si](c1ccccc1)(c1ccccc1)C1CCCCO1. The fourth-order valence-electron chi connectivity index (χ4n) is 3.46. The maximum absolute atomic E-state index is 6.69. The van der Waals surface area contributed by atoms with Crippen LogP contribution in [0.3, 0.4) is 0 Å². The number of ether oxygens (including phenoxy) is 1. The van der Waals surface area contributed by atoms with Crippen molar-refractivity contribution < 1.29 is 8.85 Å². The van der Waals surface area contributed by atoms with Crippen molar-refractivity contribution in [1.82, 2.24) is 0 Å². The Bertz CT molecular complexity index is 529. The molecule has 0 saturated carbocycles. The molecule has 0 aliphatic carbocycles. The van der Waals surface area contributed by atoms with Crippen LogP contribution < -0.4 is 10.4 Å². The van der Waals surface area contributed by atoms with Gasteiger partial charge >= 0.3 is 0 Å². The van der Waals surface area contributed by atoms with Crippen molar-refractivity contribution in [2.45, 2.75) is 31.5 Å². The lowest BCUT2D eigenvalue weighted by Crippen LogP contribution is -2.70. The van der Waals surface area contributed by atoms with Gasteiger partial charge in [-0.25, -0.2) is 0 Å². The Morgan fingerprint density at radius 1 is 0.955 bits per heavy atom. The van der Waals surface area contributed by atoms with Crippen LogP contribution in [0.15, 0.2) is 60.7 Å². The highest BCUT2D eigenvalue weighted by atomic mass is 28.4. The number of hydrogen-bond donors (Lipinski definition) is 0. The van der Waals surface area contributed by atoms with Crippen LogP contribution in [0.4, 0.5) is 0 Å². The number of hydrogen-bond acceptors (Lipinski definition) is 2. The van der Waals surface area contributed by atoms with Gasteiger partial charge in [0.05, 0.1) is 5.73 Å². The topological polar surface area (TPSA) is 18.5 Å². The van der Waals surface area contributed by atoms with E-state index < -0.39 is 18.1 Å². The molecule has 0 N–H and O–H groups in total. The summed E-state index contributed by atoms with van der Waals surface area (Å²) in [5.41, 5.74) is 0.235. The minimum Gasteiger partial charge on any atom is -0.453 e. The van der Waals surface area contributed by atoms with Crippen LogP contribution in [0.1, 0.15) is 19.3 Å². The quantitative estimate of drug-likeness (QED) is 0.782. The Morgan fingerprint density at radius 2 is 1.55 bits per heavy atom. The summed E-state index contributed by atoms with van der Waals surface area (Å²) in [6, 6.07) is 21.6. The van der Waals surface area contributed by atoms with Crippen LogP contribution in [0, 0.1) is 0 Å². The Labute approximate surface area is 136 Å². The second-order valence-electron chi connectivity index (χ2n) is 5.76. The molecule has 0 aromatic heterocycles. The maximum atomic E-state index is 6.69. The van der Waals surface area contributed by atoms with Crippen LogP contribution >= 0.6 is 0 Å². The standard InChI is InChI=1S/C18H24O2Si2/c1-21-20-22(16-10-4-2-5-11-16,17-12-6-3-7-13-17)18-14-8-9-15-19-18/h2-7,10-13,18H,8-9,14-15,21H2,1H3. The molecule has 0 bridgehead atoms. The fraction of sp³-hybridized carbons (Fsp3) is 0.333. The largest absolute Gasteiger partial charge is 0.453 e. The van der Waals surface area contributed by atoms with E-state index in [1.54, 1.807) is 0 Å². The zero-order valence-electron chi connectivity index (χ0n) is 13.2. The average molecular weight is 329 g/mol. The van der Waals surface area contributed by atoms with E-state index in [4.69, 9.17) is 8.85 Å². The van der Waals surface area contributed by atoms with Crippen LogP contribution in [-0.4, -0.2) is 30.4 Å². The van der Waals surface area contributed by atoms with Gasteiger partial charge in [-0.05, 0) is 29.6 Å². The van der Waals surface area contributed by atoms with E-state index in [0.717, 1.165) is 13.0 Å². The molecule has 1 unspecified atom stereocenters. The van der Waals surface area contributed by atoms with E-state index in [1.807, 2.05) is 0 Å². The van der Waals surface area contributed by atoms with Gasteiger partial charge in [0.1, 0.15) is 9.76 Å². The summed E-state index contributed by atoms with van der Waals surface area (Å²) in [6.07, 6.45) is 3.53. The first kappa shape index (κ1) is 15.7. The van der Waals surface area contributed by atoms with Crippen molar-refractivity contribution in [3.05, 3.63) is 60.7 Å². The van der Waals surface area contributed by atoms with E-state index in [2.05, 4.69) is 67.2 Å². The van der Waals surface area contributed by atoms with Gasteiger partial charge in [-0.2, -0.15) is 0 Å². The Balaban J connectivity index is 2.13. The molecule has 1 saturated heterocycles. The Morgan fingerprint density at radius 3 is 2.00 bits per heavy atom. The van der Waals surface area contributed by atoms with E-state index in [-0.39, 0.29) is 5.73 Å². The van der Waals surface area contributed by atoms with Crippen molar-refractivity contribution in [3.8, 4) is 0 Å². The highest BCUT2D eigenvalue weighted by Crippen LogP contribution is 2.23. The predicted molar refractivity (Wildman–Crippen MR) is 97.0 cm³/mol. The monoisotopic (exact) mass is 328 g/mol. The molecule has 1 heterocycles. The second-order valence-corrected chi connectivity index (χ2v) is 10.8. The fourth-order valence-corrected chi connectivity index (χ4v) is 10.8. The van der Waals surface area contributed by atoms with Crippen LogP contribution in [-0.2, 0) is 8.85 Å². The molecule has 1 aliphatic heterocycles. The van der Waals surface area contributed by atoms with E-state index in [9.17, 15) is 0 Å². The molecular formula is C18H24O2Si2. The van der Waals surface area contributed by atoms with E-state index in [1.165, 1.54) is 23.2 Å². The minimum atomic E-state index is -2.31. The lowest BCUT2D eigenvalue weighted by Gasteiger charge is -2.41. The first-order valence-corrected chi connectivity index (χ1v) is 12.2. The molecule has 116 valence electrons. The molecule has 2 aromatic rings. The molecule has 22 heavy (non-hydrogen) atoms. The summed E-state index contributed by atoms with van der Waals surface area (Å²) >= 11 is 0. The zero-order valence-corrected chi connectivity index (χ0v) is 15.6. The van der Waals surface area contributed by atoms with Crippen LogP contribution in [0.2, 0.25) is 6.55 Å². The zero-order chi connectivity index (χ0) is 15.3. The Kier molecular flexibility index (Phi) is 5.25. The molecule has 0 spiro atoms. The summed E-state index contributed by atoms with van der Waals surface area (Å²) in [6.45, 7) is 3.10. The molecule has 2 nitrogen and oxygen atoms in total. The molecule has 1 aliphatic rings. The molecule has 0 amide bonds. The highest BCUT2D eigenvalue weighted by molar-refractivity contribution is 7.00. The molecule has 0 radical (unpaired) electrons. The minimum absolute atomic E-state index is 0.235. The van der Waals surface area contributed by atoms with Gasteiger partial charge in [-0.1, -0.05) is 67.2 Å². The third kappa shape index (κ3) is 2.97. The normalized spacial score (nSPS) is 19.6. The molecule has 1 atom stereocenters. The molecule has 2 aromatic carbocycles. The Hall–Kier alpha value is -1.21. The first-order chi connectivity index (χ1) is 10.9. The van der Waals surface area contributed by atoms with Crippen molar-refractivity contribution in [2.24, 2.45) is 0 Å². The van der Waals surface area contributed by atoms with Gasteiger partial charge in [0.2, 0.25) is 0 Å². The van der Waals surface area contributed by atoms with Gasteiger partial charge in [0.25, 0.3) is 8.32 Å². The van der Waals surface area contributed by atoms with E-state index >= 15 is 0 Å². The summed E-state index contributed by atoms with van der Waals surface area (Å²) in [5.74, 6) is 0. The summed E-state index contributed by atoms with van der Waals surface area (Å²) in [4.78, 5) is 0. The molecule has 3 rings (SSSR count). The van der Waals surface area contributed by atoms with Gasteiger partial charge in [-0.15, -0.1) is 0 Å². The average Bonchev–Trinajstić information content (AvgIpc) is 2.62. The third-order valence-corrected chi connectivity index (χ3v) is 11.1. The summed E-state index contributed by atoms with van der Waals surface area (Å²) < 4.78 is 13.0.